The van der Waals surface area contributed by atoms with E-state index in [1.165, 1.54) is 0 Å². The average molecular weight is 191 g/mol. The van der Waals surface area contributed by atoms with Gasteiger partial charge in [-0.2, -0.15) is 0 Å². The van der Waals surface area contributed by atoms with Crippen LogP contribution in [0.5, 0.6) is 0 Å². The van der Waals surface area contributed by atoms with Crippen molar-refractivity contribution in [2.24, 2.45) is 0 Å². The van der Waals surface area contributed by atoms with Gasteiger partial charge in [-0.05, 0) is 14.0 Å². The number of ether oxygens (including phenoxy) is 2. The molecule has 0 radical (unpaired) electrons. The zero-order chi connectivity index (χ0) is 10.1. The molecule has 0 heterocycles. The topological polar surface area (TPSA) is 41.9 Å². The van der Waals surface area contributed by atoms with Crippen molar-refractivity contribution in [2.45, 2.75) is 13.0 Å². The average Bonchev–Trinajstić information content (AvgIpc) is 2.16. The Morgan fingerprint density at radius 1 is 1.31 bits per heavy atom. The van der Waals surface area contributed by atoms with Gasteiger partial charge in [0.05, 0.1) is 26.4 Å². The van der Waals surface area contributed by atoms with E-state index in [4.69, 9.17) is 14.6 Å². The highest BCUT2D eigenvalue weighted by molar-refractivity contribution is 4.60. The van der Waals surface area contributed by atoms with Gasteiger partial charge in [0.2, 0.25) is 0 Å². The van der Waals surface area contributed by atoms with Crippen molar-refractivity contribution in [1.82, 2.24) is 4.90 Å². The first-order valence-corrected chi connectivity index (χ1v) is 4.60. The minimum absolute atomic E-state index is 0.189. The SMILES string of the molecule is COCCOCCN(C)C(C)CO. The van der Waals surface area contributed by atoms with E-state index in [0.717, 1.165) is 6.54 Å². The zero-order valence-electron chi connectivity index (χ0n) is 8.82. The van der Waals surface area contributed by atoms with Crippen LogP contribution in [0.25, 0.3) is 0 Å². The number of aliphatic hydroxyl groups is 1. The molecule has 0 rings (SSSR count). The van der Waals surface area contributed by atoms with Gasteiger partial charge in [-0.25, -0.2) is 0 Å². The van der Waals surface area contributed by atoms with Crippen LogP contribution in [0, 0.1) is 0 Å². The lowest BCUT2D eigenvalue weighted by molar-refractivity contribution is 0.0507. The number of aliphatic hydroxyl groups excluding tert-OH is 1. The second kappa shape index (κ2) is 8.44. The van der Waals surface area contributed by atoms with E-state index in [1.54, 1.807) is 7.11 Å². The second-order valence-electron chi connectivity index (χ2n) is 3.12. The van der Waals surface area contributed by atoms with Crippen LogP contribution < -0.4 is 0 Å². The van der Waals surface area contributed by atoms with Gasteiger partial charge >= 0.3 is 0 Å². The number of nitrogens with zero attached hydrogens (tertiary/aromatic N) is 1. The summed E-state index contributed by atoms with van der Waals surface area (Å²) in [7, 11) is 3.63. The van der Waals surface area contributed by atoms with Crippen LogP contribution >= 0.6 is 0 Å². The third-order valence-corrected chi connectivity index (χ3v) is 2.04. The standard InChI is InChI=1S/C9H21NO3/c1-9(8-11)10(2)4-5-13-7-6-12-3/h9,11H,4-8H2,1-3H3. The second-order valence-corrected chi connectivity index (χ2v) is 3.12. The van der Waals surface area contributed by atoms with Crippen LogP contribution in [-0.2, 0) is 9.47 Å². The van der Waals surface area contributed by atoms with E-state index in [2.05, 4.69) is 4.90 Å². The molecule has 80 valence electrons. The van der Waals surface area contributed by atoms with Crippen LogP contribution in [0.15, 0.2) is 0 Å². The lowest BCUT2D eigenvalue weighted by Crippen LogP contribution is -2.34. The summed E-state index contributed by atoms with van der Waals surface area (Å²) >= 11 is 0. The maximum absolute atomic E-state index is 8.84. The van der Waals surface area contributed by atoms with Gasteiger partial charge in [0.15, 0.2) is 0 Å². The normalized spacial score (nSPS) is 13.6. The van der Waals surface area contributed by atoms with Gasteiger partial charge in [-0.1, -0.05) is 0 Å². The predicted octanol–water partition coefficient (Wildman–Crippen LogP) is -0.0380. The molecule has 0 aliphatic heterocycles. The van der Waals surface area contributed by atoms with E-state index in [9.17, 15) is 0 Å². The van der Waals surface area contributed by atoms with Crippen LogP contribution in [0.3, 0.4) is 0 Å². The predicted molar refractivity (Wildman–Crippen MR) is 51.9 cm³/mol. The quantitative estimate of drug-likeness (QED) is 0.547. The summed E-state index contributed by atoms with van der Waals surface area (Å²) in [4.78, 5) is 2.06. The van der Waals surface area contributed by atoms with E-state index in [1.807, 2.05) is 14.0 Å². The Bertz CT molecular complexity index is 111. The molecule has 0 aromatic heterocycles. The third-order valence-electron chi connectivity index (χ3n) is 2.04. The first-order chi connectivity index (χ1) is 6.22. The molecule has 0 saturated heterocycles. The van der Waals surface area contributed by atoms with Gasteiger partial charge in [0.25, 0.3) is 0 Å². The maximum atomic E-state index is 8.84. The van der Waals surface area contributed by atoms with Crippen LogP contribution in [0.4, 0.5) is 0 Å². The van der Waals surface area contributed by atoms with Crippen LogP contribution in [0.1, 0.15) is 6.92 Å². The lowest BCUT2D eigenvalue weighted by Gasteiger charge is -2.22. The molecule has 0 amide bonds. The van der Waals surface area contributed by atoms with Crippen molar-refractivity contribution in [2.75, 3.05) is 47.1 Å². The minimum Gasteiger partial charge on any atom is -0.395 e. The van der Waals surface area contributed by atoms with E-state index >= 15 is 0 Å². The van der Waals surface area contributed by atoms with Gasteiger partial charge in [-0.15, -0.1) is 0 Å². The van der Waals surface area contributed by atoms with Crippen LogP contribution in [0.2, 0.25) is 0 Å². The van der Waals surface area contributed by atoms with Crippen molar-refractivity contribution in [3.8, 4) is 0 Å². The molecule has 0 fully saturated rings. The molecule has 0 bridgehead atoms. The molecular weight excluding hydrogens is 170 g/mol. The molecule has 0 saturated carbocycles. The van der Waals surface area contributed by atoms with E-state index in [-0.39, 0.29) is 12.6 Å². The summed E-state index contributed by atoms with van der Waals surface area (Å²) in [5, 5.41) is 8.84. The van der Waals surface area contributed by atoms with Gasteiger partial charge in [0.1, 0.15) is 0 Å². The highest BCUT2D eigenvalue weighted by Crippen LogP contribution is 1.92. The summed E-state index contributed by atoms with van der Waals surface area (Å²) in [6.07, 6.45) is 0. The number of hydrogen-bond acceptors (Lipinski definition) is 4. The Morgan fingerprint density at radius 3 is 2.54 bits per heavy atom. The van der Waals surface area contributed by atoms with Crippen molar-refractivity contribution in [3.05, 3.63) is 0 Å². The number of likely N-dealkylation sites (N-methyl/N-ethyl adjacent to an activating group) is 1. The third kappa shape index (κ3) is 6.95. The first-order valence-electron chi connectivity index (χ1n) is 4.60. The molecule has 0 aliphatic rings. The minimum atomic E-state index is 0.189. The summed E-state index contributed by atoms with van der Waals surface area (Å²) < 4.78 is 10.1. The number of methoxy groups -OCH3 is 1. The number of hydrogen-bond donors (Lipinski definition) is 1. The van der Waals surface area contributed by atoms with Crippen molar-refractivity contribution >= 4 is 0 Å². The Morgan fingerprint density at radius 2 is 2.00 bits per heavy atom. The summed E-state index contributed by atoms with van der Waals surface area (Å²) in [5.74, 6) is 0. The lowest BCUT2D eigenvalue weighted by atomic mass is 10.3. The van der Waals surface area contributed by atoms with E-state index in [0.29, 0.717) is 19.8 Å². The monoisotopic (exact) mass is 191 g/mol. The van der Waals surface area contributed by atoms with Crippen molar-refractivity contribution in [3.63, 3.8) is 0 Å². The van der Waals surface area contributed by atoms with Gasteiger partial charge in [-0.3, -0.25) is 4.90 Å². The molecule has 0 aromatic carbocycles. The fraction of sp³-hybridized carbons (Fsp3) is 1.00. The maximum Gasteiger partial charge on any atom is 0.0700 e. The molecule has 1 N–H and O–H groups in total. The summed E-state index contributed by atoms with van der Waals surface area (Å²) in [6, 6.07) is 0.200. The molecule has 13 heavy (non-hydrogen) atoms. The van der Waals surface area contributed by atoms with E-state index < -0.39 is 0 Å². The van der Waals surface area contributed by atoms with Crippen molar-refractivity contribution < 1.29 is 14.6 Å². The first kappa shape index (κ1) is 12.8. The van der Waals surface area contributed by atoms with Crippen molar-refractivity contribution in [1.29, 1.82) is 0 Å². The smallest absolute Gasteiger partial charge is 0.0700 e. The number of rotatable bonds is 8. The highest BCUT2D eigenvalue weighted by atomic mass is 16.5. The molecule has 0 aliphatic carbocycles. The Kier molecular flexibility index (Phi) is 8.33. The zero-order valence-corrected chi connectivity index (χ0v) is 8.82. The molecule has 1 atom stereocenters. The Labute approximate surface area is 80.4 Å². The highest BCUT2D eigenvalue weighted by Gasteiger charge is 2.06. The molecular formula is C9H21NO3. The fourth-order valence-corrected chi connectivity index (χ4v) is 0.813. The van der Waals surface area contributed by atoms with Gasteiger partial charge in [0, 0.05) is 19.7 Å². The summed E-state index contributed by atoms with van der Waals surface area (Å²) in [5.41, 5.74) is 0. The molecule has 4 nitrogen and oxygen atoms in total. The fourth-order valence-electron chi connectivity index (χ4n) is 0.813. The van der Waals surface area contributed by atoms with Crippen LogP contribution in [-0.4, -0.2) is 63.2 Å². The molecule has 4 heteroatoms. The Balaban J connectivity index is 3.21. The molecule has 0 spiro atoms. The molecule has 0 aromatic rings. The summed E-state index contributed by atoms with van der Waals surface area (Å²) in [6.45, 7) is 4.97. The molecule has 1 unspecified atom stereocenters. The van der Waals surface area contributed by atoms with Gasteiger partial charge < -0.3 is 14.6 Å². The Hall–Kier alpha value is -0.160. The largest absolute Gasteiger partial charge is 0.395 e.